The maximum Gasteiger partial charge on any atom is 0.306 e. The Hall–Kier alpha value is -3.20. The van der Waals surface area contributed by atoms with Crippen LogP contribution in [0.25, 0.3) is 0 Å². The van der Waals surface area contributed by atoms with Crippen LogP contribution >= 0.6 is 12.2 Å². The summed E-state index contributed by atoms with van der Waals surface area (Å²) in [6, 6.07) is 10.1. The van der Waals surface area contributed by atoms with E-state index in [1.807, 2.05) is 0 Å². The number of furan rings is 1. The van der Waals surface area contributed by atoms with Crippen molar-refractivity contribution in [2.24, 2.45) is 0 Å². The van der Waals surface area contributed by atoms with Gasteiger partial charge >= 0.3 is 5.97 Å². The molecule has 0 radical (unpaired) electrons. The van der Waals surface area contributed by atoms with Crippen LogP contribution in [-0.2, 0) is 20.9 Å². The van der Waals surface area contributed by atoms with Crippen LogP contribution in [0.15, 0.2) is 47.1 Å². The van der Waals surface area contributed by atoms with Crippen molar-refractivity contribution in [3.8, 4) is 0 Å². The highest BCUT2D eigenvalue weighted by atomic mass is 32.1. The van der Waals surface area contributed by atoms with Crippen molar-refractivity contribution in [3.63, 3.8) is 0 Å². The number of ether oxygens (including phenoxy) is 1. The van der Waals surface area contributed by atoms with Crippen molar-refractivity contribution in [1.82, 2.24) is 10.6 Å². The molecule has 2 aromatic rings. The zero-order valence-corrected chi connectivity index (χ0v) is 16.1. The van der Waals surface area contributed by atoms with Gasteiger partial charge in [-0.15, -0.1) is 0 Å². The summed E-state index contributed by atoms with van der Waals surface area (Å²) >= 11 is 5.07. The summed E-state index contributed by atoms with van der Waals surface area (Å²) in [5.74, 6) is -0.398. The van der Waals surface area contributed by atoms with Crippen molar-refractivity contribution in [2.45, 2.75) is 26.3 Å². The summed E-state index contributed by atoms with van der Waals surface area (Å²) in [6.45, 7) is 2.27. The number of benzene rings is 1. The summed E-state index contributed by atoms with van der Waals surface area (Å²) < 4.78 is 9.91. The summed E-state index contributed by atoms with van der Waals surface area (Å²) in [4.78, 5) is 35.1. The first-order chi connectivity index (χ1) is 13.5. The molecule has 2 amide bonds. The zero-order chi connectivity index (χ0) is 20.4. The van der Waals surface area contributed by atoms with Gasteiger partial charge in [0.25, 0.3) is 5.91 Å². The number of amides is 2. The van der Waals surface area contributed by atoms with Crippen LogP contribution < -0.4 is 16.0 Å². The number of carbonyl (C=O) groups is 3. The van der Waals surface area contributed by atoms with E-state index in [0.717, 1.165) is 0 Å². The predicted molar refractivity (Wildman–Crippen MR) is 107 cm³/mol. The van der Waals surface area contributed by atoms with E-state index >= 15 is 0 Å². The van der Waals surface area contributed by atoms with Crippen LogP contribution in [0, 0.1) is 0 Å². The number of hydrogen-bond donors (Lipinski definition) is 3. The molecule has 0 spiro atoms. The summed E-state index contributed by atoms with van der Waals surface area (Å²) in [5, 5.41) is 8.17. The summed E-state index contributed by atoms with van der Waals surface area (Å²) in [7, 11) is 0. The lowest BCUT2D eigenvalue weighted by atomic mass is 10.2. The highest BCUT2D eigenvalue weighted by Gasteiger charge is 2.10. The van der Waals surface area contributed by atoms with Crippen molar-refractivity contribution in [3.05, 3.63) is 54.0 Å². The Morgan fingerprint density at radius 3 is 2.50 bits per heavy atom. The zero-order valence-electron chi connectivity index (χ0n) is 15.3. The maximum absolute atomic E-state index is 12.1. The van der Waals surface area contributed by atoms with Gasteiger partial charge in [0.15, 0.2) is 5.11 Å². The van der Waals surface area contributed by atoms with Gasteiger partial charge in [0.1, 0.15) is 5.76 Å². The highest BCUT2D eigenvalue weighted by Crippen LogP contribution is 2.10. The van der Waals surface area contributed by atoms with Gasteiger partial charge in [-0.3, -0.25) is 14.4 Å². The number of thiocarbonyl (C=S) groups is 1. The Morgan fingerprint density at radius 2 is 1.86 bits per heavy atom. The molecule has 3 N–H and O–H groups in total. The van der Waals surface area contributed by atoms with Gasteiger partial charge < -0.3 is 25.1 Å². The molecule has 0 aliphatic carbocycles. The van der Waals surface area contributed by atoms with E-state index in [1.54, 1.807) is 49.6 Å². The molecule has 0 aliphatic rings. The average Bonchev–Trinajstić information content (AvgIpc) is 3.19. The quantitative estimate of drug-likeness (QED) is 0.458. The molecule has 0 fully saturated rings. The van der Waals surface area contributed by atoms with Crippen LogP contribution in [-0.4, -0.2) is 29.5 Å². The fraction of sp³-hybridized carbons (Fsp3) is 0.263. The van der Waals surface area contributed by atoms with Crippen LogP contribution in [0.3, 0.4) is 0 Å². The number of rotatable bonds is 8. The summed E-state index contributed by atoms with van der Waals surface area (Å²) in [6.07, 6.45) is 1.51. The number of anilines is 1. The monoisotopic (exact) mass is 403 g/mol. The SMILES string of the molecule is CCOC(=O)CCC(=O)NC(=S)Nc1ccc(C(=O)NCc2ccco2)cc1. The van der Waals surface area contributed by atoms with Gasteiger partial charge in [-0.05, 0) is 55.5 Å². The van der Waals surface area contributed by atoms with Gasteiger partial charge in [-0.2, -0.15) is 0 Å². The molecule has 1 aromatic carbocycles. The third-order valence-electron chi connectivity index (χ3n) is 3.52. The predicted octanol–water partition coefficient (Wildman–Crippen LogP) is 2.37. The number of esters is 1. The third kappa shape index (κ3) is 7.20. The molecule has 0 atom stereocenters. The van der Waals surface area contributed by atoms with Crippen molar-refractivity contribution in [2.75, 3.05) is 11.9 Å². The largest absolute Gasteiger partial charge is 0.467 e. The smallest absolute Gasteiger partial charge is 0.306 e. The lowest BCUT2D eigenvalue weighted by molar-refractivity contribution is -0.144. The van der Waals surface area contributed by atoms with Crippen LogP contribution in [0.4, 0.5) is 5.69 Å². The first kappa shape index (κ1) is 21.1. The Labute approximate surface area is 167 Å². The topological polar surface area (TPSA) is 110 Å². The lowest BCUT2D eigenvalue weighted by Gasteiger charge is -2.10. The molecule has 8 nitrogen and oxygen atoms in total. The van der Waals surface area contributed by atoms with E-state index < -0.39 is 5.97 Å². The first-order valence-electron chi connectivity index (χ1n) is 8.65. The number of nitrogens with one attached hydrogen (secondary N) is 3. The van der Waals surface area contributed by atoms with E-state index in [-0.39, 0.29) is 36.4 Å². The Bertz CT molecular complexity index is 819. The minimum absolute atomic E-state index is 0.00982. The van der Waals surface area contributed by atoms with Gasteiger partial charge in [-0.25, -0.2) is 0 Å². The molecule has 9 heteroatoms. The minimum atomic E-state index is -0.433. The average molecular weight is 403 g/mol. The number of hydrogen-bond acceptors (Lipinski definition) is 6. The second-order valence-electron chi connectivity index (χ2n) is 5.65. The minimum Gasteiger partial charge on any atom is -0.467 e. The standard InChI is InChI=1S/C19H21N3O5S/c1-2-26-17(24)10-9-16(23)22-19(28)21-14-7-5-13(6-8-14)18(25)20-12-15-4-3-11-27-15/h3-8,11H,2,9-10,12H2,1H3,(H,20,25)(H2,21,22,23,28). The summed E-state index contributed by atoms with van der Waals surface area (Å²) in [5.41, 5.74) is 1.08. The molecule has 0 aliphatic heterocycles. The molecule has 0 saturated carbocycles. The van der Waals surface area contributed by atoms with Crippen molar-refractivity contribution < 1.29 is 23.5 Å². The van der Waals surface area contributed by atoms with E-state index in [9.17, 15) is 14.4 Å². The lowest BCUT2D eigenvalue weighted by Crippen LogP contribution is -2.34. The van der Waals surface area contributed by atoms with Gasteiger partial charge in [0, 0.05) is 17.7 Å². The molecule has 0 saturated heterocycles. The third-order valence-corrected chi connectivity index (χ3v) is 3.73. The van der Waals surface area contributed by atoms with Gasteiger partial charge in [0.05, 0.1) is 25.8 Å². The van der Waals surface area contributed by atoms with Gasteiger partial charge in [-0.1, -0.05) is 0 Å². The Balaban J connectivity index is 1.76. The first-order valence-corrected chi connectivity index (χ1v) is 9.06. The molecular formula is C19H21N3O5S. The second-order valence-corrected chi connectivity index (χ2v) is 6.05. The van der Waals surface area contributed by atoms with Gasteiger partial charge in [0.2, 0.25) is 5.91 Å². The number of carbonyl (C=O) groups excluding carboxylic acids is 3. The van der Waals surface area contributed by atoms with Crippen molar-refractivity contribution in [1.29, 1.82) is 0 Å². The maximum atomic E-state index is 12.1. The van der Waals surface area contributed by atoms with E-state index in [2.05, 4.69) is 16.0 Å². The second kappa shape index (κ2) is 10.8. The Kier molecular flexibility index (Phi) is 8.16. The normalized spacial score (nSPS) is 10.0. The van der Waals surface area contributed by atoms with Crippen LogP contribution in [0.2, 0.25) is 0 Å². The van der Waals surface area contributed by atoms with Crippen molar-refractivity contribution >= 4 is 40.8 Å². The molecule has 1 heterocycles. The molecule has 1 aromatic heterocycles. The molecule has 0 bridgehead atoms. The fourth-order valence-electron chi connectivity index (χ4n) is 2.19. The molecule has 0 unspecified atom stereocenters. The molecular weight excluding hydrogens is 382 g/mol. The van der Waals surface area contributed by atoms with E-state index in [4.69, 9.17) is 21.4 Å². The highest BCUT2D eigenvalue weighted by molar-refractivity contribution is 7.80. The van der Waals surface area contributed by atoms with E-state index in [1.165, 1.54) is 0 Å². The molecule has 2 rings (SSSR count). The van der Waals surface area contributed by atoms with Crippen LogP contribution in [0.1, 0.15) is 35.9 Å². The van der Waals surface area contributed by atoms with Crippen LogP contribution in [0.5, 0.6) is 0 Å². The fourth-order valence-corrected chi connectivity index (χ4v) is 2.42. The van der Waals surface area contributed by atoms with E-state index in [0.29, 0.717) is 23.6 Å². The molecule has 148 valence electrons. The molecule has 28 heavy (non-hydrogen) atoms. The Morgan fingerprint density at radius 1 is 1.11 bits per heavy atom.